The van der Waals surface area contributed by atoms with E-state index in [9.17, 15) is 22.8 Å². The van der Waals surface area contributed by atoms with Gasteiger partial charge in [0.1, 0.15) is 5.82 Å². The van der Waals surface area contributed by atoms with Gasteiger partial charge in [-0.05, 0) is 47.8 Å². The van der Waals surface area contributed by atoms with Crippen molar-refractivity contribution in [1.82, 2.24) is 15.2 Å². The van der Waals surface area contributed by atoms with Crippen molar-refractivity contribution < 1.29 is 22.8 Å². The first-order valence-electron chi connectivity index (χ1n) is 11.3. The number of rotatable bonds is 6. The molecule has 0 spiro atoms. The molecular weight excluding hydrogens is 445 g/mol. The highest BCUT2D eigenvalue weighted by atomic mass is 19.4. The molecule has 0 bridgehead atoms. The smallest absolute Gasteiger partial charge is 0.352 e. The number of halogens is 3. The lowest BCUT2D eigenvalue weighted by atomic mass is 10.1. The number of hydrogen-bond acceptors (Lipinski definition) is 4. The number of aromatic nitrogens is 1. The van der Waals surface area contributed by atoms with Gasteiger partial charge in [0.2, 0.25) is 0 Å². The second-order valence-electron chi connectivity index (χ2n) is 9.11. The molecule has 2 aliphatic heterocycles. The van der Waals surface area contributed by atoms with Crippen LogP contribution in [0.1, 0.15) is 46.5 Å². The minimum Gasteiger partial charge on any atom is -0.352 e. The predicted molar refractivity (Wildman–Crippen MR) is 123 cm³/mol. The van der Waals surface area contributed by atoms with Crippen molar-refractivity contribution in [3.8, 4) is 0 Å². The third kappa shape index (κ3) is 5.08. The van der Waals surface area contributed by atoms with Crippen LogP contribution in [0.15, 0.2) is 53.7 Å². The number of anilines is 1. The average Bonchev–Trinajstić information content (AvgIpc) is 3.37. The molecule has 3 heterocycles. The fourth-order valence-electron chi connectivity index (χ4n) is 4.26. The summed E-state index contributed by atoms with van der Waals surface area (Å²) in [6.45, 7) is 6.50. The van der Waals surface area contributed by atoms with Crippen LogP contribution in [0.5, 0.6) is 0 Å². The molecule has 180 valence electrons. The van der Waals surface area contributed by atoms with Gasteiger partial charge in [-0.25, -0.2) is 4.98 Å². The van der Waals surface area contributed by atoms with E-state index in [0.717, 1.165) is 23.6 Å². The molecule has 0 saturated carbocycles. The van der Waals surface area contributed by atoms with E-state index >= 15 is 0 Å². The molecule has 0 aliphatic carbocycles. The number of carbonyl (C=O) groups excluding carboxylic acids is 2. The molecule has 1 N–H and O–H groups in total. The van der Waals surface area contributed by atoms with Crippen LogP contribution in [0.25, 0.3) is 0 Å². The average molecular weight is 473 g/mol. The van der Waals surface area contributed by atoms with Crippen molar-refractivity contribution in [2.75, 3.05) is 37.6 Å². The Hall–Kier alpha value is -3.36. The Morgan fingerprint density at radius 3 is 2.29 bits per heavy atom. The molecule has 1 aromatic carbocycles. The molecule has 0 saturated heterocycles. The maximum Gasteiger partial charge on any atom is 0.417 e. The van der Waals surface area contributed by atoms with Gasteiger partial charge in [-0.3, -0.25) is 9.59 Å². The highest BCUT2D eigenvalue weighted by Crippen LogP contribution is 2.34. The van der Waals surface area contributed by atoms with Crippen LogP contribution < -0.4 is 10.2 Å². The lowest BCUT2D eigenvalue weighted by molar-refractivity contribution is -0.138. The Kier molecular flexibility index (Phi) is 6.63. The van der Waals surface area contributed by atoms with E-state index < -0.39 is 17.6 Å². The van der Waals surface area contributed by atoms with Crippen LogP contribution in [0.3, 0.4) is 0 Å². The Labute approximate surface area is 196 Å². The third-order valence-electron chi connectivity index (χ3n) is 6.12. The lowest BCUT2D eigenvalue weighted by Crippen LogP contribution is -2.35. The first-order chi connectivity index (χ1) is 16.1. The van der Waals surface area contributed by atoms with Crippen LogP contribution in [0.2, 0.25) is 0 Å². The molecule has 2 aromatic rings. The summed E-state index contributed by atoms with van der Waals surface area (Å²) in [7, 11) is 0. The van der Waals surface area contributed by atoms with Crippen molar-refractivity contribution in [1.29, 1.82) is 0 Å². The number of pyridine rings is 1. The topological polar surface area (TPSA) is 65.5 Å². The number of carbonyl (C=O) groups is 2. The van der Waals surface area contributed by atoms with Crippen LogP contribution in [-0.4, -0.2) is 54.4 Å². The lowest BCUT2D eigenvalue weighted by Gasteiger charge is -2.24. The molecule has 2 amide bonds. The molecule has 0 fully saturated rings. The van der Waals surface area contributed by atoms with Gasteiger partial charge >= 0.3 is 6.18 Å². The van der Waals surface area contributed by atoms with Gasteiger partial charge in [0.05, 0.1) is 16.7 Å². The minimum atomic E-state index is -4.58. The second-order valence-corrected chi connectivity index (χ2v) is 9.11. The summed E-state index contributed by atoms with van der Waals surface area (Å²) in [5.74, 6) is 0.458. The molecular formula is C25H27F3N4O2. The summed E-state index contributed by atoms with van der Waals surface area (Å²) >= 11 is 0. The normalized spacial score (nSPS) is 15.8. The molecule has 0 radical (unpaired) electrons. The van der Waals surface area contributed by atoms with E-state index in [1.807, 2.05) is 4.90 Å². The molecule has 6 nitrogen and oxygen atoms in total. The van der Waals surface area contributed by atoms with E-state index in [0.29, 0.717) is 50.0 Å². The summed E-state index contributed by atoms with van der Waals surface area (Å²) < 4.78 is 40.0. The second kappa shape index (κ2) is 9.48. The van der Waals surface area contributed by atoms with Gasteiger partial charge in [0.25, 0.3) is 11.8 Å². The number of alkyl halides is 3. The zero-order valence-corrected chi connectivity index (χ0v) is 19.2. The van der Waals surface area contributed by atoms with Crippen molar-refractivity contribution in [3.05, 3.63) is 70.4 Å². The van der Waals surface area contributed by atoms with Crippen molar-refractivity contribution in [2.45, 2.75) is 26.4 Å². The number of nitrogens with one attached hydrogen (secondary N) is 1. The molecule has 0 unspecified atom stereocenters. The SMILES string of the molecule is CC(C)CCNC(=O)c1ccc(N2CC3=C(CN(C(=O)c4ccccc4C(F)(F)F)C3)C2)nc1. The molecule has 2 aliphatic rings. The summed E-state index contributed by atoms with van der Waals surface area (Å²) in [5, 5.41) is 2.89. The Morgan fingerprint density at radius 2 is 1.71 bits per heavy atom. The van der Waals surface area contributed by atoms with Gasteiger partial charge in [0.15, 0.2) is 0 Å². The number of amides is 2. The highest BCUT2D eigenvalue weighted by molar-refractivity contribution is 5.96. The summed E-state index contributed by atoms with van der Waals surface area (Å²) in [5.41, 5.74) is 1.31. The molecule has 1 aromatic heterocycles. The van der Waals surface area contributed by atoms with Gasteiger partial charge < -0.3 is 15.1 Å². The largest absolute Gasteiger partial charge is 0.417 e. The highest BCUT2D eigenvalue weighted by Gasteiger charge is 2.38. The first-order valence-corrected chi connectivity index (χ1v) is 11.3. The van der Waals surface area contributed by atoms with Gasteiger partial charge in [-0.2, -0.15) is 13.2 Å². The van der Waals surface area contributed by atoms with Crippen LogP contribution in [0.4, 0.5) is 19.0 Å². The third-order valence-corrected chi connectivity index (χ3v) is 6.12. The van der Waals surface area contributed by atoms with E-state index in [1.165, 1.54) is 23.1 Å². The van der Waals surface area contributed by atoms with Crippen molar-refractivity contribution in [3.63, 3.8) is 0 Å². The number of nitrogens with zero attached hydrogens (tertiary/aromatic N) is 3. The summed E-state index contributed by atoms with van der Waals surface area (Å²) in [4.78, 5) is 33.0. The van der Waals surface area contributed by atoms with Crippen molar-refractivity contribution >= 4 is 17.6 Å². The van der Waals surface area contributed by atoms with Gasteiger partial charge in [-0.15, -0.1) is 0 Å². The van der Waals surface area contributed by atoms with E-state index in [2.05, 4.69) is 24.1 Å². The molecule has 34 heavy (non-hydrogen) atoms. The Balaban J connectivity index is 1.35. The quantitative estimate of drug-likeness (QED) is 0.642. The Bertz CT molecular complexity index is 1090. The van der Waals surface area contributed by atoms with Crippen LogP contribution in [0, 0.1) is 5.92 Å². The zero-order valence-electron chi connectivity index (χ0n) is 19.2. The standard InChI is InChI=1S/C25H27F3N4O2/c1-16(2)9-10-29-23(33)17-7-8-22(30-11-17)31-12-18-14-32(15-19(18)13-31)24(34)20-5-3-4-6-21(20)25(26,27)28/h3-8,11,16H,9-10,12-15H2,1-2H3,(H,29,33). The number of hydrogen-bond donors (Lipinski definition) is 1. The Morgan fingerprint density at radius 1 is 1.03 bits per heavy atom. The summed E-state index contributed by atoms with van der Waals surface area (Å²) in [6.07, 6.45) is -2.13. The summed E-state index contributed by atoms with van der Waals surface area (Å²) in [6, 6.07) is 8.43. The molecule has 0 atom stereocenters. The predicted octanol–water partition coefficient (Wildman–Crippen LogP) is 4.15. The molecule has 9 heteroatoms. The minimum absolute atomic E-state index is 0.157. The van der Waals surface area contributed by atoms with Crippen LogP contribution >= 0.6 is 0 Å². The van der Waals surface area contributed by atoms with Gasteiger partial charge in [0, 0.05) is 38.9 Å². The maximum atomic E-state index is 13.3. The van der Waals surface area contributed by atoms with E-state index in [4.69, 9.17) is 0 Å². The van der Waals surface area contributed by atoms with Crippen molar-refractivity contribution in [2.24, 2.45) is 5.92 Å². The molecule has 4 rings (SSSR count). The maximum absolute atomic E-state index is 13.3. The number of benzene rings is 1. The van der Waals surface area contributed by atoms with E-state index in [1.54, 1.807) is 18.3 Å². The van der Waals surface area contributed by atoms with Gasteiger partial charge in [-0.1, -0.05) is 26.0 Å². The van der Waals surface area contributed by atoms with Crippen LogP contribution in [-0.2, 0) is 6.18 Å². The monoisotopic (exact) mass is 472 g/mol. The zero-order chi connectivity index (χ0) is 24.5. The van der Waals surface area contributed by atoms with E-state index in [-0.39, 0.29) is 11.5 Å². The fourth-order valence-corrected chi connectivity index (χ4v) is 4.26. The first kappa shape index (κ1) is 23.8. The fraction of sp³-hybridized carbons (Fsp3) is 0.400.